The lowest BCUT2D eigenvalue weighted by Crippen LogP contribution is -2.53. The van der Waals surface area contributed by atoms with Crippen LogP contribution < -0.4 is 5.32 Å². The predicted octanol–water partition coefficient (Wildman–Crippen LogP) is 2.93. The van der Waals surface area contributed by atoms with Crippen molar-refractivity contribution in [3.63, 3.8) is 0 Å². The smallest absolute Gasteiger partial charge is 0.408 e. The molecule has 7 heteroatoms. The lowest BCUT2D eigenvalue weighted by atomic mass is 9.84. The third-order valence-electron chi connectivity index (χ3n) is 5.10. The van der Waals surface area contributed by atoms with E-state index in [2.05, 4.69) is 5.32 Å². The van der Waals surface area contributed by atoms with Crippen molar-refractivity contribution in [1.29, 1.82) is 0 Å². The van der Waals surface area contributed by atoms with Crippen molar-refractivity contribution in [3.05, 3.63) is 0 Å². The van der Waals surface area contributed by atoms with E-state index in [0.29, 0.717) is 31.7 Å². The molecule has 1 aliphatic carbocycles. The Morgan fingerprint density at radius 1 is 1.12 bits per heavy atom. The molecule has 2 atom stereocenters. The Labute approximate surface area is 155 Å². The third-order valence-corrected chi connectivity index (χ3v) is 5.10. The SMILES string of the molecule is CC(C)(C)OC(=O)N[C@H](CC1CCCCC1)C(=O)N1CCCC1C(=O)O. The fraction of sp³-hybridized carbons (Fsp3) is 0.842. The second-order valence-electron chi connectivity index (χ2n) is 8.47. The molecule has 0 bridgehead atoms. The summed E-state index contributed by atoms with van der Waals surface area (Å²) in [4.78, 5) is 38.1. The van der Waals surface area contributed by atoms with Gasteiger partial charge in [-0.2, -0.15) is 0 Å². The summed E-state index contributed by atoms with van der Waals surface area (Å²) in [6, 6.07) is -1.52. The van der Waals surface area contributed by atoms with E-state index >= 15 is 0 Å². The Balaban J connectivity index is 2.09. The van der Waals surface area contributed by atoms with Crippen molar-refractivity contribution in [2.45, 2.75) is 89.8 Å². The summed E-state index contributed by atoms with van der Waals surface area (Å²) in [5.41, 5.74) is -0.653. The number of aliphatic carboxylic acids is 1. The monoisotopic (exact) mass is 368 g/mol. The van der Waals surface area contributed by atoms with Gasteiger partial charge in [-0.25, -0.2) is 9.59 Å². The molecule has 1 aliphatic heterocycles. The van der Waals surface area contributed by atoms with Gasteiger partial charge in [-0.05, 0) is 46.0 Å². The maximum absolute atomic E-state index is 13.0. The van der Waals surface area contributed by atoms with E-state index in [1.54, 1.807) is 20.8 Å². The number of ether oxygens (including phenoxy) is 1. The van der Waals surface area contributed by atoms with E-state index in [4.69, 9.17) is 4.74 Å². The second kappa shape index (κ2) is 8.73. The number of hydrogen-bond donors (Lipinski definition) is 2. The van der Waals surface area contributed by atoms with Crippen molar-refractivity contribution < 1.29 is 24.2 Å². The molecule has 2 aliphatic rings. The first-order chi connectivity index (χ1) is 12.2. The maximum atomic E-state index is 13.0. The minimum absolute atomic E-state index is 0.300. The van der Waals surface area contributed by atoms with Gasteiger partial charge in [0.05, 0.1) is 0 Å². The first-order valence-electron chi connectivity index (χ1n) is 9.70. The maximum Gasteiger partial charge on any atom is 0.408 e. The summed E-state index contributed by atoms with van der Waals surface area (Å²) in [7, 11) is 0. The van der Waals surface area contributed by atoms with Gasteiger partial charge in [0.25, 0.3) is 0 Å². The van der Waals surface area contributed by atoms with Crippen molar-refractivity contribution in [2.75, 3.05) is 6.54 Å². The molecule has 0 aromatic heterocycles. The van der Waals surface area contributed by atoms with Gasteiger partial charge in [0, 0.05) is 6.54 Å². The number of nitrogens with zero attached hydrogens (tertiary/aromatic N) is 1. The van der Waals surface area contributed by atoms with E-state index in [1.807, 2.05) is 0 Å². The van der Waals surface area contributed by atoms with Gasteiger partial charge in [0.2, 0.25) is 5.91 Å². The number of amides is 2. The zero-order chi connectivity index (χ0) is 19.3. The molecule has 1 saturated carbocycles. The molecular weight excluding hydrogens is 336 g/mol. The molecule has 0 aromatic carbocycles. The molecule has 2 N–H and O–H groups in total. The minimum Gasteiger partial charge on any atom is -0.480 e. The Kier molecular flexibility index (Phi) is 6.89. The van der Waals surface area contributed by atoms with Crippen LogP contribution in [0.3, 0.4) is 0 Å². The van der Waals surface area contributed by atoms with Gasteiger partial charge in [0.1, 0.15) is 17.7 Å². The molecule has 148 valence electrons. The zero-order valence-corrected chi connectivity index (χ0v) is 16.1. The van der Waals surface area contributed by atoms with Crippen molar-refractivity contribution in [1.82, 2.24) is 10.2 Å². The molecule has 26 heavy (non-hydrogen) atoms. The van der Waals surface area contributed by atoms with Crippen LogP contribution >= 0.6 is 0 Å². The standard InChI is InChI=1S/C19H32N2O5/c1-19(2,3)26-18(25)20-14(12-13-8-5-4-6-9-13)16(22)21-11-7-10-15(21)17(23)24/h13-15H,4-12H2,1-3H3,(H,20,25)(H,23,24)/t14-,15?/m1/s1. The van der Waals surface area contributed by atoms with Crippen LogP contribution in [0.25, 0.3) is 0 Å². The largest absolute Gasteiger partial charge is 0.480 e. The van der Waals surface area contributed by atoms with E-state index < -0.39 is 29.7 Å². The summed E-state index contributed by atoms with van der Waals surface area (Å²) in [6.07, 6.45) is 6.62. The number of carbonyl (C=O) groups excluding carboxylic acids is 2. The normalized spacial score (nSPS) is 22.7. The first-order valence-corrected chi connectivity index (χ1v) is 9.70. The van der Waals surface area contributed by atoms with Crippen molar-refractivity contribution in [3.8, 4) is 0 Å². The molecule has 0 radical (unpaired) electrons. The highest BCUT2D eigenvalue weighted by Gasteiger charge is 2.38. The number of carbonyl (C=O) groups is 3. The van der Waals surface area contributed by atoms with Crippen LogP contribution in [0.4, 0.5) is 4.79 Å². The number of carboxylic acids is 1. The van der Waals surface area contributed by atoms with Crippen molar-refractivity contribution in [2.24, 2.45) is 5.92 Å². The van der Waals surface area contributed by atoms with Crippen LogP contribution in [0.5, 0.6) is 0 Å². The average Bonchev–Trinajstić information content (AvgIpc) is 3.02. The molecule has 1 heterocycles. The van der Waals surface area contributed by atoms with Crippen LogP contribution in [0, 0.1) is 5.92 Å². The fourth-order valence-corrected chi connectivity index (χ4v) is 3.91. The molecule has 7 nitrogen and oxygen atoms in total. The summed E-state index contributed by atoms with van der Waals surface area (Å²) in [5, 5.41) is 12.1. The minimum atomic E-state index is -0.982. The lowest BCUT2D eigenvalue weighted by Gasteiger charge is -2.31. The van der Waals surface area contributed by atoms with E-state index in [0.717, 1.165) is 25.7 Å². The number of nitrogens with one attached hydrogen (secondary N) is 1. The van der Waals surface area contributed by atoms with E-state index in [1.165, 1.54) is 11.3 Å². The predicted molar refractivity (Wildman–Crippen MR) is 96.7 cm³/mol. The Hall–Kier alpha value is -1.79. The summed E-state index contributed by atoms with van der Waals surface area (Å²) >= 11 is 0. The summed E-state index contributed by atoms with van der Waals surface area (Å²) in [5.74, 6) is -0.908. The molecule has 2 amide bonds. The Morgan fingerprint density at radius 2 is 1.77 bits per heavy atom. The topological polar surface area (TPSA) is 95.9 Å². The average molecular weight is 368 g/mol. The quantitative estimate of drug-likeness (QED) is 0.778. The molecule has 2 rings (SSSR count). The van der Waals surface area contributed by atoms with Gasteiger partial charge in [-0.15, -0.1) is 0 Å². The highest BCUT2D eigenvalue weighted by atomic mass is 16.6. The third kappa shape index (κ3) is 5.88. The molecule has 0 spiro atoms. The van der Waals surface area contributed by atoms with Gasteiger partial charge in [0.15, 0.2) is 0 Å². The van der Waals surface area contributed by atoms with E-state index in [9.17, 15) is 19.5 Å². The number of likely N-dealkylation sites (tertiary alicyclic amines) is 1. The Morgan fingerprint density at radius 3 is 2.35 bits per heavy atom. The second-order valence-corrected chi connectivity index (χ2v) is 8.47. The van der Waals surface area contributed by atoms with Crippen LogP contribution in [-0.2, 0) is 14.3 Å². The summed E-state index contributed by atoms with van der Waals surface area (Å²) < 4.78 is 5.31. The van der Waals surface area contributed by atoms with E-state index in [-0.39, 0.29) is 5.91 Å². The summed E-state index contributed by atoms with van der Waals surface area (Å²) in [6.45, 7) is 5.73. The van der Waals surface area contributed by atoms with Crippen LogP contribution in [0.15, 0.2) is 0 Å². The fourth-order valence-electron chi connectivity index (χ4n) is 3.91. The lowest BCUT2D eigenvalue weighted by molar-refractivity contribution is -0.149. The van der Waals surface area contributed by atoms with Crippen LogP contribution in [0.2, 0.25) is 0 Å². The number of carboxylic acid groups (broad SMARTS) is 1. The Bertz CT molecular complexity index is 523. The van der Waals surface area contributed by atoms with Gasteiger partial charge in [-0.1, -0.05) is 32.1 Å². The molecular formula is C19H32N2O5. The van der Waals surface area contributed by atoms with Crippen molar-refractivity contribution >= 4 is 18.0 Å². The zero-order valence-electron chi connectivity index (χ0n) is 16.1. The van der Waals surface area contributed by atoms with Gasteiger partial charge >= 0.3 is 12.1 Å². The van der Waals surface area contributed by atoms with Gasteiger partial charge in [-0.3, -0.25) is 4.79 Å². The molecule has 0 aromatic rings. The number of rotatable bonds is 5. The van der Waals surface area contributed by atoms with Crippen LogP contribution in [0.1, 0.15) is 72.1 Å². The highest BCUT2D eigenvalue weighted by molar-refractivity contribution is 5.89. The molecule has 1 unspecified atom stereocenters. The molecule has 2 fully saturated rings. The first kappa shape index (κ1) is 20.5. The number of alkyl carbamates (subject to hydrolysis) is 1. The van der Waals surface area contributed by atoms with Crippen LogP contribution in [-0.4, -0.2) is 52.2 Å². The highest BCUT2D eigenvalue weighted by Crippen LogP contribution is 2.29. The van der Waals surface area contributed by atoms with Gasteiger partial charge < -0.3 is 20.1 Å². The number of hydrogen-bond acceptors (Lipinski definition) is 4. The molecule has 1 saturated heterocycles.